The summed E-state index contributed by atoms with van der Waals surface area (Å²) in [5, 5.41) is 0. The summed E-state index contributed by atoms with van der Waals surface area (Å²) in [6.45, 7) is 11.5. The first-order valence-corrected chi connectivity index (χ1v) is 9.66. The molecule has 0 radical (unpaired) electrons. The highest BCUT2D eigenvalue weighted by atomic mass is 16.5. The number of esters is 1. The lowest BCUT2D eigenvalue weighted by Crippen LogP contribution is -2.25. The summed E-state index contributed by atoms with van der Waals surface area (Å²) < 4.78 is 5.61. The van der Waals surface area contributed by atoms with Crippen molar-refractivity contribution >= 4 is 17.5 Å². The van der Waals surface area contributed by atoms with E-state index in [2.05, 4.69) is 19.9 Å². The van der Waals surface area contributed by atoms with E-state index in [-0.39, 0.29) is 40.9 Å². The number of fused-ring (bicyclic) bond motifs is 2. The van der Waals surface area contributed by atoms with Crippen LogP contribution in [-0.4, -0.2) is 23.6 Å². The lowest BCUT2D eigenvalue weighted by molar-refractivity contribution is -0.145. The number of hydrogen-bond acceptors (Lipinski definition) is 4. The van der Waals surface area contributed by atoms with Crippen molar-refractivity contribution in [2.75, 3.05) is 0 Å². The van der Waals surface area contributed by atoms with E-state index in [1.807, 2.05) is 26.8 Å². The Kier molecular flexibility index (Phi) is 4.74. The molecule has 26 heavy (non-hydrogen) atoms. The van der Waals surface area contributed by atoms with Crippen LogP contribution in [0.3, 0.4) is 0 Å². The van der Waals surface area contributed by atoms with Gasteiger partial charge in [0.25, 0.3) is 0 Å². The topological polar surface area (TPSA) is 60.4 Å². The number of carbonyl (C=O) groups excluding carboxylic acids is 3. The lowest BCUT2D eigenvalue weighted by Gasteiger charge is -2.21. The van der Waals surface area contributed by atoms with Crippen molar-refractivity contribution in [3.05, 3.63) is 23.3 Å². The SMILES string of the molecule is CC(=O)OC1CC2C(C=C(C)C(=O)C3CC(C)C(=O)C3C=C1C)C2(C)C. The van der Waals surface area contributed by atoms with Crippen LogP contribution in [-0.2, 0) is 19.1 Å². The third-order valence-electron chi connectivity index (χ3n) is 6.88. The van der Waals surface area contributed by atoms with Gasteiger partial charge in [0.2, 0.25) is 0 Å². The molecular weight excluding hydrogens is 328 g/mol. The third-order valence-corrected chi connectivity index (χ3v) is 6.88. The van der Waals surface area contributed by atoms with Gasteiger partial charge in [0.05, 0.1) is 0 Å². The Morgan fingerprint density at radius 1 is 1.15 bits per heavy atom. The summed E-state index contributed by atoms with van der Waals surface area (Å²) in [5.74, 6) is -0.203. The molecule has 2 saturated carbocycles. The standard InChI is InChI=1S/C22H30O4/c1-11-7-15-16(8-12(2)20(15)24)21(25)13(3)9-17-18(22(17,5)6)10-19(11)26-14(4)23/h7,9,12,15-19H,8,10H2,1-6H3. The number of hydrogen-bond donors (Lipinski definition) is 0. The maximum atomic E-state index is 13.1. The lowest BCUT2D eigenvalue weighted by atomic mass is 9.86. The van der Waals surface area contributed by atoms with E-state index in [4.69, 9.17) is 4.74 Å². The van der Waals surface area contributed by atoms with Crippen molar-refractivity contribution in [1.82, 2.24) is 0 Å². The Balaban J connectivity index is 2.04. The minimum Gasteiger partial charge on any atom is -0.458 e. The molecule has 3 aliphatic rings. The monoisotopic (exact) mass is 358 g/mol. The van der Waals surface area contributed by atoms with Gasteiger partial charge in [-0.1, -0.05) is 32.9 Å². The van der Waals surface area contributed by atoms with Gasteiger partial charge in [0.1, 0.15) is 11.9 Å². The fourth-order valence-electron chi connectivity index (χ4n) is 5.00. The van der Waals surface area contributed by atoms with Gasteiger partial charge in [0, 0.05) is 24.7 Å². The largest absolute Gasteiger partial charge is 0.458 e. The smallest absolute Gasteiger partial charge is 0.303 e. The molecule has 2 fully saturated rings. The number of Topliss-reactive ketones (excluding diaryl/α,β-unsaturated/α-hetero) is 2. The average molecular weight is 358 g/mol. The first-order chi connectivity index (χ1) is 12.0. The molecule has 6 atom stereocenters. The summed E-state index contributed by atoms with van der Waals surface area (Å²) in [4.78, 5) is 37.3. The van der Waals surface area contributed by atoms with Gasteiger partial charge in [-0.25, -0.2) is 0 Å². The normalized spacial score (nSPS) is 39.2. The molecule has 0 saturated heterocycles. The van der Waals surface area contributed by atoms with E-state index in [1.54, 1.807) is 0 Å². The Labute approximate surface area is 156 Å². The highest BCUT2D eigenvalue weighted by Crippen LogP contribution is 2.62. The molecule has 0 aromatic heterocycles. The Morgan fingerprint density at radius 3 is 2.42 bits per heavy atom. The van der Waals surface area contributed by atoms with Crippen LogP contribution in [0.25, 0.3) is 0 Å². The van der Waals surface area contributed by atoms with Crippen LogP contribution in [0, 0.1) is 35.0 Å². The molecule has 3 aliphatic carbocycles. The van der Waals surface area contributed by atoms with Gasteiger partial charge in [-0.3, -0.25) is 14.4 Å². The molecule has 0 aromatic carbocycles. The van der Waals surface area contributed by atoms with Gasteiger partial charge < -0.3 is 4.74 Å². The molecule has 0 bridgehead atoms. The van der Waals surface area contributed by atoms with E-state index < -0.39 is 5.92 Å². The summed E-state index contributed by atoms with van der Waals surface area (Å²) in [6, 6.07) is 0. The van der Waals surface area contributed by atoms with E-state index in [0.29, 0.717) is 18.3 Å². The fourth-order valence-corrected chi connectivity index (χ4v) is 5.00. The van der Waals surface area contributed by atoms with Crippen LogP contribution in [0.15, 0.2) is 23.3 Å². The Bertz CT molecular complexity index is 712. The molecule has 4 heteroatoms. The molecule has 0 spiro atoms. The van der Waals surface area contributed by atoms with E-state index in [1.165, 1.54) is 6.92 Å². The minimum absolute atomic E-state index is 0.0948. The number of allylic oxidation sites excluding steroid dienone is 3. The Morgan fingerprint density at radius 2 is 1.81 bits per heavy atom. The second kappa shape index (κ2) is 6.47. The van der Waals surface area contributed by atoms with Crippen LogP contribution >= 0.6 is 0 Å². The fraction of sp³-hybridized carbons (Fsp3) is 0.682. The van der Waals surface area contributed by atoms with Gasteiger partial charge in [-0.2, -0.15) is 0 Å². The predicted octanol–water partition coefficient (Wildman–Crippen LogP) is 3.90. The maximum Gasteiger partial charge on any atom is 0.303 e. The molecule has 3 rings (SSSR count). The summed E-state index contributed by atoms with van der Waals surface area (Å²) in [6.07, 6.45) is 5.02. The number of carbonyl (C=O) groups is 3. The van der Waals surface area contributed by atoms with Gasteiger partial charge in [-0.05, 0) is 55.1 Å². The second-order valence-electron chi connectivity index (χ2n) is 9.08. The minimum atomic E-state index is -0.402. The van der Waals surface area contributed by atoms with Gasteiger partial charge in [0.15, 0.2) is 5.78 Å². The van der Waals surface area contributed by atoms with Crippen LogP contribution in [0.1, 0.15) is 54.4 Å². The molecule has 0 N–H and O–H groups in total. The van der Waals surface area contributed by atoms with Gasteiger partial charge in [-0.15, -0.1) is 0 Å². The first kappa shape index (κ1) is 19.1. The van der Waals surface area contributed by atoms with Crippen molar-refractivity contribution < 1.29 is 19.1 Å². The van der Waals surface area contributed by atoms with Crippen LogP contribution in [0.4, 0.5) is 0 Å². The average Bonchev–Trinajstić information content (AvgIpc) is 2.92. The zero-order chi connectivity index (χ0) is 19.4. The highest BCUT2D eigenvalue weighted by molar-refractivity contribution is 6.03. The van der Waals surface area contributed by atoms with E-state index >= 15 is 0 Å². The number of ketones is 2. The van der Waals surface area contributed by atoms with E-state index in [0.717, 1.165) is 17.6 Å². The zero-order valence-electron chi connectivity index (χ0n) is 16.7. The summed E-state index contributed by atoms with van der Waals surface area (Å²) in [5.41, 5.74) is 1.77. The third kappa shape index (κ3) is 3.19. The molecule has 6 unspecified atom stereocenters. The molecule has 0 aliphatic heterocycles. The van der Waals surface area contributed by atoms with Crippen LogP contribution in [0.5, 0.6) is 0 Å². The van der Waals surface area contributed by atoms with Crippen LogP contribution < -0.4 is 0 Å². The molecule has 142 valence electrons. The second-order valence-corrected chi connectivity index (χ2v) is 9.08. The molecular formula is C22H30O4. The first-order valence-electron chi connectivity index (χ1n) is 9.66. The Hall–Kier alpha value is -1.71. The maximum absolute atomic E-state index is 13.1. The van der Waals surface area contributed by atoms with Crippen molar-refractivity contribution in [2.24, 2.45) is 35.0 Å². The number of ether oxygens (including phenoxy) is 1. The van der Waals surface area contributed by atoms with Crippen molar-refractivity contribution in [3.8, 4) is 0 Å². The number of rotatable bonds is 1. The summed E-state index contributed by atoms with van der Waals surface area (Å²) in [7, 11) is 0. The quantitative estimate of drug-likeness (QED) is 0.527. The van der Waals surface area contributed by atoms with Crippen molar-refractivity contribution in [3.63, 3.8) is 0 Å². The van der Waals surface area contributed by atoms with Crippen molar-refractivity contribution in [1.29, 1.82) is 0 Å². The van der Waals surface area contributed by atoms with Gasteiger partial charge >= 0.3 is 5.97 Å². The summed E-state index contributed by atoms with van der Waals surface area (Å²) >= 11 is 0. The van der Waals surface area contributed by atoms with Crippen molar-refractivity contribution in [2.45, 2.75) is 60.5 Å². The molecule has 0 aromatic rings. The molecule has 4 nitrogen and oxygen atoms in total. The van der Waals surface area contributed by atoms with E-state index in [9.17, 15) is 14.4 Å². The van der Waals surface area contributed by atoms with Crippen LogP contribution in [0.2, 0.25) is 0 Å². The molecule has 0 amide bonds. The molecule has 0 heterocycles. The predicted molar refractivity (Wildman–Crippen MR) is 99.2 cm³/mol. The highest BCUT2D eigenvalue weighted by Gasteiger charge is 2.57. The zero-order valence-corrected chi connectivity index (χ0v) is 16.7.